The number of rotatable bonds is 8. The predicted molar refractivity (Wildman–Crippen MR) is 230 cm³/mol. The minimum absolute atomic E-state index is 0.0183. The summed E-state index contributed by atoms with van der Waals surface area (Å²) in [5, 5.41) is 90.4. The molecule has 1 aliphatic rings. The third-order valence-corrected chi connectivity index (χ3v) is 13.2. The number of aromatic hydroxyl groups is 7. The molecule has 16 heteroatoms. The summed E-state index contributed by atoms with van der Waals surface area (Å²) in [5.74, 6) is -3.64. The normalized spacial score (nSPS) is 15.2. The second kappa shape index (κ2) is 12.9. The van der Waals surface area contributed by atoms with Crippen LogP contribution in [0.4, 0.5) is 5.69 Å². The van der Waals surface area contributed by atoms with Crippen molar-refractivity contribution < 1.29 is 50.4 Å². The summed E-state index contributed by atoms with van der Waals surface area (Å²) >= 11 is 2.54. The topological polar surface area (TPSA) is 247 Å². The first-order valence-corrected chi connectivity index (χ1v) is 20.0. The van der Waals surface area contributed by atoms with Gasteiger partial charge >= 0.3 is 5.97 Å². The number of aliphatic carboxylic acids is 1. The summed E-state index contributed by atoms with van der Waals surface area (Å²) < 4.78 is 6.20. The van der Waals surface area contributed by atoms with Gasteiger partial charge in [-0.3, -0.25) is 14.6 Å². The van der Waals surface area contributed by atoms with Crippen molar-refractivity contribution in [1.82, 2.24) is 0 Å². The van der Waals surface area contributed by atoms with Gasteiger partial charge in [0.2, 0.25) is 0 Å². The Morgan fingerprint density at radius 1 is 0.712 bits per heavy atom. The summed E-state index contributed by atoms with van der Waals surface area (Å²) in [4.78, 5) is 48.7. The first-order chi connectivity index (χ1) is 28.3. The molecule has 0 saturated carbocycles. The lowest BCUT2D eigenvalue weighted by Gasteiger charge is -2.26. The minimum atomic E-state index is -1.05. The van der Waals surface area contributed by atoms with E-state index in [-0.39, 0.29) is 89.4 Å². The number of carbonyl (C=O) groups is 1. The van der Waals surface area contributed by atoms with Gasteiger partial charge in [-0.25, -0.2) is 9.79 Å². The Hall–Kier alpha value is -6.75. The van der Waals surface area contributed by atoms with E-state index in [0.29, 0.717) is 43.4 Å². The highest BCUT2D eigenvalue weighted by atomic mass is 32.2. The first-order valence-electron chi connectivity index (χ1n) is 18.1. The Morgan fingerprint density at radius 2 is 1.24 bits per heavy atom. The fourth-order valence-corrected chi connectivity index (χ4v) is 10.8. The fourth-order valence-electron chi connectivity index (χ4n) is 8.77. The van der Waals surface area contributed by atoms with E-state index in [4.69, 9.17) is 4.74 Å². The van der Waals surface area contributed by atoms with Crippen LogP contribution in [0.2, 0.25) is 0 Å². The molecule has 294 valence electrons. The van der Waals surface area contributed by atoms with Gasteiger partial charge in [-0.2, -0.15) is 0 Å². The molecule has 9 aromatic rings. The number of phenols is 7. The van der Waals surface area contributed by atoms with E-state index < -0.39 is 57.4 Å². The maximum Gasteiger partial charge on any atom is 0.329 e. The zero-order valence-corrected chi connectivity index (χ0v) is 32.1. The number of nitrogens with zero attached hydrogens (tertiary/aromatic N) is 2. The second-order valence-electron chi connectivity index (χ2n) is 14.4. The summed E-state index contributed by atoms with van der Waals surface area (Å²) in [6, 6.07) is 9.85. The Morgan fingerprint density at radius 3 is 1.81 bits per heavy atom. The number of aliphatic imine (C=N–C) groups is 2. The number of carboxylic acid groups (broad SMARTS) is 1. The van der Waals surface area contributed by atoms with E-state index in [1.165, 1.54) is 47.8 Å². The van der Waals surface area contributed by atoms with Crippen LogP contribution in [0.15, 0.2) is 68.1 Å². The van der Waals surface area contributed by atoms with Gasteiger partial charge in [0.05, 0.1) is 40.4 Å². The smallest absolute Gasteiger partial charge is 0.329 e. The maximum absolute atomic E-state index is 14.2. The molecule has 9 aromatic carbocycles. The zero-order chi connectivity index (χ0) is 41.3. The van der Waals surface area contributed by atoms with Crippen LogP contribution in [0.1, 0.15) is 11.1 Å². The van der Waals surface area contributed by atoms with E-state index in [0.717, 1.165) is 12.1 Å². The summed E-state index contributed by atoms with van der Waals surface area (Å²) in [6.07, 6.45) is 0. The van der Waals surface area contributed by atoms with Gasteiger partial charge in [-0.05, 0) is 65.2 Å². The van der Waals surface area contributed by atoms with Gasteiger partial charge < -0.3 is 45.6 Å². The largest absolute Gasteiger partial charge is 0.508 e. The molecule has 1 atom stereocenters. The summed E-state index contributed by atoms with van der Waals surface area (Å²) in [5.41, 5.74) is 0.151. The number of hydrogen-bond donors (Lipinski definition) is 8. The molecule has 0 aliphatic carbocycles. The SMILES string of the molecule is Cc1cc(=O)c2c(O)c3c(O)cc(O)c4c5c(O)cc(O)c6c(O)c7c(=O)cc(COCCSC(=Nc8ccc(O)cc8)C8=NC(C(=O)O)CS8)c8c1c2c(c34)c(c65)c78. The van der Waals surface area contributed by atoms with Crippen molar-refractivity contribution in [3.63, 3.8) is 0 Å². The molecule has 1 unspecified atom stereocenters. The van der Waals surface area contributed by atoms with Gasteiger partial charge in [0.25, 0.3) is 0 Å². The van der Waals surface area contributed by atoms with E-state index in [1.54, 1.807) is 19.1 Å². The van der Waals surface area contributed by atoms with E-state index in [2.05, 4.69) is 9.98 Å². The van der Waals surface area contributed by atoms with Gasteiger partial charge in [-0.15, -0.1) is 23.5 Å². The Labute approximate surface area is 337 Å². The third kappa shape index (κ3) is 5.09. The lowest BCUT2D eigenvalue weighted by molar-refractivity contribution is -0.137. The van der Waals surface area contributed by atoms with Crippen LogP contribution in [-0.2, 0) is 16.1 Å². The highest BCUT2D eigenvalue weighted by Crippen LogP contribution is 2.60. The molecule has 0 saturated heterocycles. The van der Waals surface area contributed by atoms with Gasteiger partial charge in [0, 0.05) is 66.7 Å². The predicted octanol–water partition coefficient (Wildman–Crippen LogP) is 7.06. The molecule has 1 aliphatic heterocycles. The van der Waals surface area contributed by atoms with Crippen LogP contribution in [0.25, 0.3) is 75.4 Å². The van der Waals surface area contributed by atoms with Crippen LogP contribution < -0.4 is 10.9 Å². The molecular formula is C43H28N2O12S2. The molecular weight excluding hydrogens is 801 g/mol. The quantitative estimate of drug-likeness (QED) is 0.0251. The fraction of sp³-hybridized carbons (Fsp3) is 0.140. The number of aryl methyl sites for hydroxylation is 1. The Kier molecular flexibility index (Phi) is 7.98. The van der Waals surface area contributed by atoms with Crippen molar-refractivity contribution in [3.05, 3.63) is 80.1 Å². The van der Waals surface area contributed by atoms with Crippen LogP contribution >= 0.6 is 23.5 Å². The summed E-state index contributed by atoms with van der Waals surface area (Å²) in [7, 11) is 0. The second-order valence-corrected chi connectivity index (χ2v) is 16.5. The molecule has 10 rings (SSSR count). The molecule has 0 amide bonds. The van der Waals surface area contributed by atoms with E-state index in [1.807, 2.05) is 0 Å². The summed E-state index contributed by atoms with van der Waals surface area (Å²) in [6.45, 7) is 1.64. The van der Waals surface area contributed by atoms with Crippen LogP contribution in [0.3, 0.4) is 0 Å². The molecule has 0 spiro atoms. The highest BCUT2D eigenvalue weighted by molar-refractivity contribution is 8.25. The monoisotopic (exact) mass is 828 g/mol. The first kappa shape index (κ1) is 36.6. The number of phenolic OH excluding ortho intramolecular Hbond substituents is 7. The van der Waals surface area contributed by atoms with Crippen molar-refractivity contribution >= 4 is 121 Å². The number of carboxylic acids is 1. The molecule has 0 aromatic heterocycles. The van der Waals surface area contributed by atoms with Crippen molar-refractivity contribution in [2.75, 3.05) is 18.1 Å². The number of hydrogen-bond acceptors (Lipinski definition) is 15. The molecule has 59 heavy (non-hydrogen) atoms. The molecule has 0 bridgehead atoms. The number of benzene rings is 9. The van der Waals surface area contributed by atoms with Crippen molar-refractivity contribution in [2.45, 2.75) is 19.6 Å². The van der Waals surface area contributed by atoms with Gasteiger partial charge in [0.15, 0.2) is 16.9 Å². The van der Waals surface area contributed by atoms with Crippen LogP contribution in [-0.4, -0.2) is 81.1 Å². The van der Waals surface area contributed by atoms with Crippen molar-refractivity contribution in [1.29, 1.82) is 0 Å². The highest BCUT2D eigenvalue weighted by Gasteiger charge is 2.34. The van der Waals surface area contributed by atoms with Gasteiger partial charge in [0.1, 0.15) is 50.3 Å². The van der Waals surface area contributed by atoms with Crippen molar-refractivity contribution in [3.8, 4) is 40.2 Å². The number of fused-ring (bicyclic) bond motifs is 2. The molecule has 0 fully saturated rings. The lowest BCUT2D eigenvalue weighted by atomic mass is 9.77. The maximum atomic E-state index is 14.2. The van der Waals surface area contributed by atoms with Crippen molar-refractivity contribution in [2.24, 2.45) is 9.98 Å². The number of ether oxygens (including phenoxy) is 1. The Balaban J connectivity index is 1.17. The van der Waals surface area contributed by atoms with Crippen LogP contribution in [0, 0.1) is 6.92 Å². The average Bonchev–Trinajstić information content (AvgIpc) is 3.68. The lowest BCUT2D eigenvalue weighted by Crippen LogP contribution is -2.17. The van der Waals surface area contributed by atoms with E-state index >= 15 is 0 Å². The molecule has 14 nitrogen and oxygen atoms in total. The number of thioether (sulfide) groups is 2. The molecule has 1 heterocycles. The standard InChI is InChI=1S/C43H28N2O12S2/c1-14-8-19(47)29-33-25(14)26-15(12-57-6-7-58-41(42-45-18(13-59-42)43(55)56)44-16-2-4-17(46)5-3-16)9-20(48)30-34(26)38-36-28(22(50)11-24(52)32(36)40(30)54)27-21(49)10-23(51)31(39(29)53)35(27)37(33)38/h2-5,8-11,18,46,49-54H,6-7,12-13H2,1H3,(H,55,56). The molecule has 8 N–H and O–H groups in total. The minimum Gasteiger partial charge on any atom is -0.508 e. The van der Waals surface area contributed by atoms with Crippen LogP contribution in [0.5, 0.6) is 40.2 Å². The average molecular weight is 829 g/mol. The zero-order valence-electron chi connectivity index (χ0n) is 30.4. The molecule has 0 radical (unpaired) electrons. The van der Waals surface area contributed by atoms with Gasteiger partial charge in [-0.1, -0.05) is 0 Å². The third-order valence-electron chi connectivity index (χ3n) is 11.1. The Bertz CT molecular complexity index is 3480. The van der Waals surface area contributed by atoms with E-state index in [9.17, 15) is 55.2 Å².